The minimum absolute atomic E-state index is 0.0627. The fourth-order valence-corrected chi connectivity index (χ4v) is 3.86. The van der Waals surface area contributed by atoms with Crippen molar-refractivity contribution in [2.24, 2.45) is 10.4 Å². The lowest BCUT2D eigenvalue weighted by atomic mass is 9.94. The molecule has 0 saturated heterocycles. The highest BCUT2D eigenvalue weighted by molar-refractivity contribution is 6.12. The Hall–Kier alpha value is -2.40. The van der Waals surface area contributed by atoms with E-state index in [2.05, 4.69) is 60.4 Å². The predicted octanol–water partition coefficient (Wildman–Crippen LogP) is 4.00. The van der Waals surface area contributed by atoms with Gasteiger partial charge in [0.05, 0.1) is 5.71 Å². The topological polar surface area (TPSA) is 36.1 Å². The second-order valence-electron chi connectivity index (χ2n) is 6.22. The quantitative estimate of drug-likeness (QED) is 0.723. The van der Waals surface area contributed by atoms with E-state index in [9.17, 15) is 0 Å². The van der Waals surface area contributed by atoms with Gasteiger partial charge in [-0.05, 0) is 42.9 Å². The molecule has 2 heteroatoms. The molecule has 2 aliphatic rings. The molecule has 0 radical (unpaired) electrons. The van der Waals surface area contributed by atoms with Gasteiger partial charge in [-0.2, -0.15) is 10.3 Å². The number of benzene rings is 2. The third-order valence-corrected chi connectivity index (χ3v) is 4.94. The van der Waals surface area contributed by atoms with Crippen molar-refractivity contribution in [1.29, 1.82) is 5.26 Å². The Morgan fingerprint density at radius 2 is 2.00 bits per heavy atom. The van der Waals surface area contributed by atoms with Crippen molar-refractivity contribution >= 4 is 5.71 Å². The number of rotatable bonds is 1. The molecule has 21 heavy (non-hydrogen) atoms. The maximum atomic E-state index is 9.10. The summed E-state index contributed by atoms with van der Waals surface area (Å²) in [5.41, 5.74) is 6.20. The van der Waals surface area contributed by atoms with Gasteiger partial charge in [0.15, 0.2) is 0 Å². The molecule has 0 N–H and O–H groups in total. The van der Waals surface area contributed by atoms with Gasteiger partial charge < -0.3 is 0 Å². The van der Waals surface area contributed by atoms with Crippen molar-refractivity contribution in [1.82, 2.24) is 0 Å². The highest BCUT2D eigenvalue weighted by atomic mass is 14.8. The normalized spacial score (nSPS) is 27.6. The van der Waals surface area contributed by atoms with Gasteiger partial charge in [-0.25, -0.2) is 0 Å². The van der Waals surface area contributed by atoms with Crippen LogP contribution < -0.4 is 0 Å². The van der Waals surface area contributed by atoms with E-state index in [1.165, 1.54) is 22.3 Å². The van der Waals surface area contributed by atoms with Crippen LogP contribution in [0.5, 0.6) is 0 Å². The number of hydrogen-bond acceptors (Lipinski definition) is 2. The second-order valence-corrected chi connectivity index (χ2v) is 6.22. The van der Waals surface area contributed by atoms with Gasteiger partial charge in [0.2, 0.25) is 6.19 Å². The summed E-state index contributed by atoms with van der Waals surface area (Å²) in [5, 5.41) is 9.10. The minimum atomic E-state index is 0.0627. The first-order valence-electron chi connectivity index (χ1n) is 7.37. The first-order chi connectivity index (χ1) is 10.2. The SMILES string of the molecule is Cc1ccc2c(c1)C(=NC#N)C1(C2)CC1c1ccccc1. The molecule has 0 bridgehead atoms. The zero-order valence-corrected chi connectivity index (χ0v) is 12.0. The van der Waals surface area contributed by atoms with E-state index < -0.39 is 0 Å². The Bertz CT molecular complexity index is 783. The van der Waals surface area contributed by atoms with E-state index in [-0.39, 0.29) is 5.41 Å². The number of aliphatic imine (C=N–C) groups is 1. The molecule has 0 aromatic heterocycles. The van der Waals surface area contributed by atoms with Crippen LogP contribution in [0.2, 0.25) is 0 Å². The Labute approximate surface area is 124 Å². The number of aryl methyl sites for hydroxylation is 1. The highest BCUT2D eigenvalue weighted by Crippen LogP contribution is 2.65. The van der Waals surface area contributed by atoms with Crippen molar-refractivity contribution in [3.8, 4) is 6.19 Å². The first-order valence-corrected chi connectivity index (χ1v) is 7.37. The summed E-state index contributed by atoms with van der Waals surface area (Å²) >= 11 is 0. The monoisotopic (exact) mass is 272 g/mol. The van der Waals surface area contributed by atoms with Crippen LogP contribution in [0, 0.1) is 23.8 Å². The fourth-order valence-electron chi connectivity index (χ4n) is 3.86. The lowest BCUT2D eigenvalue weighted by Gasteiger charge is -2.10. The van der Waals surface area contributed by atoms with Crippen LogP contribution in [0.4, 0.5) is 0 Å². The van der Waals surface area contributed by atoms with Crippen LogP contribution in [0.25, 0.3) is 0 Å². The molecular weight excluding hydrogens is 256 g/mol. The molecule has 0 aliphatic heterocycles. The number of fused-ring (bicyclic) bond motifs is 1. The van der Waals surface area contributed by atoms with Gasteiger partial charge in [0, 0.05) is 11.0 Å². The third kappa shape index (κ3) is 1.74. The van der Waals surface area contributed by atoms with Crippen LogP contribution in [0.15, 0.2) is 53.5 Å². The molecule has 2 aromatic carbocycles. The molecule has 1 saturated carbocycles. The van der Waals surface area contributed by atoms with Gasteiger partial charge in [-0.15, -0.1) is 0 Å². The van der Waals surface area contributed by atoms with Crippen molar-refractivity contribution in [3.05, 3.63) is 70.8 Å². The summed E-state index contributed by atoms with van der Waals surface area (Å²) in [6.07, 6.45) is 4.14. The summed E-state index contributed by atoms with van der Waals surface area (Å²) < 4.78 is 0. The van der Waals surface area contributed by atoms with Crippen molar-refractivity contribution in [2.75, 3.05) is 0 Å². The number of nitrogens with zero attached hydrogens (tertiary/aromatic N) is 2. The molecule has 1 fully saturated rings. The predicted molar refractivity (Wildman–Crippen MR) is 83.3 cm³/mol. The van der Waals surface area contributed by atoms with Crippen LogP contribution in [-0.2, 0) is 6.42 Å². The Balaban J connectivity index is 1.80. The molecule has 2 atom stereocenters. The Morgan fingerprint density at radius 3 is 2.76 bits per heavy atom. The molecule has 102 valence electrons. The van der Waals surface area contributed by atoms with Crippen LogP contribution >= 0.6 is 0 Å². The first kappa shape index (κ1) is 12.3. The van der Waals surface area contributed by atoms with E-state index in [1.54, 1.807) is 0 Å². The molecule has 2 aromatic rings. The molecule has 1 spiro atoms. The van der Waals surface area contributed by atoms with Gasteiger partial charge in [-0.1, -0.05) is 48.0 Å². The Morgan fingerprint density at radius 1 is 1.19 bits per heavy atom. The molecular formula is C19H16N2. The number of nitriles is 1. The van der Waals surface area contributed by atoms with Crippen LogP contribution in [0.1, 0.15) is 34.6 Å². The average Bonchev–Trinajstić information content (AvgIpc) is 3.14. The molecule has 2 nitrogen and oxygen atoms in total. The molecule has 2 unspecified atom stereocenters. The largest absolute Gasteiger partial charge is 0.205 e. The van der Waals surface area contributed by atoms with Crippen molar-refractivity contribution in [3.63, 3.8) is 0 Å². The van der Waals surface area contributed by atoms with Crippen molar-refractivity contribution in [2.45, 2.75) is 25.7 Å². The highest BCUT2D eigenvalue weighted by Gasteiger charge is 2.61. The lowest BCUT2D eigenvalue weighted by molar-refractivity contribution is 0.692. The third-order valence-electron chi connectivity index (χ3n) is 4.94. The van der Waals surface area contributed by atoms with Gasteiger partial charge in [0.1, 0.15) is 0 Å². The molecule has 2 aliphatic carbocycles. The van der Waals surface area contributed by atoms with E-state index in [4.69, 9.17) is 5.26 Å². The van der Waals surface area contributed by atoms with E-state index in [1.807, 2.05) is 6.19 Å². The summed E-state index contributed by atoms with van der Waals surface area (Å²) in [4.78, 5) is 4.22. The standard InChI is InChI=1S/C19H16N2/c1-13-7-8-15-10-19(18(21-12-20)16(15)9-13)11-17(19)14-5-3-2-4-6-14/h2-9,17H,10-11H2,1H3. The minimum Gasteiger partial charge on any atom is -0.177 e. The fraction of sp³-hybridized carbons (Fsp3) is 0.263. The zero-order chi connectivity index (χ0) is 14.4. The van der Waals surface area contributed by atoms with Gasteiger partial charge >= 0.3 is 0 Å². The van der Waals surface area contributed by atoms with E-state index in [0.29, 0.717) is 5.92 Å². The Kier molecular flexibility index (Phi) is 2.53. The maximum Gasteiger partial charge on any atom is 0.205 e. The van der Waals surface area contributed by atoms with Crippen LogP contribution in [-0.4, -0.2) is 5.71 Å². The molecule has 0 amide bonds. The second kappa shape index (κ2) is 4.30. The van der Waals surface area contributed by atoms with Gasteiger partial charge in [0.25, 0.3) is 0 Å². The number of hydrogen-bond donors (Lipinski definition) is 0. The van der Waals surface area contributed by atoms with Gasteiger partial charge in [-0.3, -0.25) is 0 Å². The summed E-state index contributed by atoms with van der Waals surface area (Å²) in [6, 6.07) is 17.2. The van der Waals surface area contributed by atoms with E-state index in [0.717, 1.165) is 18.6 Å². The van der Waals surface area contributed by atoms with Crippen molar-refractivity contribution < 1.29 is 0 Å². The molecule has 4 rings (SSSR count). The smallest absolute Gasteiger partial charge is 0.177 e. The molecule has 0 heterocycles. The average molecular weight is 272 g/mol. The zero-order valence-electron chi connectivity index (χ0n) is 12.0. The lowest BCUT2D eigenvalue weighted by Crippen LogP contribution is -2.13. The summed E-state index contributed by atoms with van der Waals surface area (Å²) in [5.74, 6) is 0.499. The summed E-state index contributed by atoms with van der Waals surface area (Å²) in [6.45, 7) is 2.09. The van der Waals surface area contributed by atoms with E-state index >= 15 is 0 Å². The summed E-state index contributed by atoms with van der Waals surface area (Å²) in [7, 11) is 0. The maximum absolute atomic E-state index is 9.10. The van der Waals surface area contributed by atoms with Crippen LogP contribution in [0.3, 0.4) is 0 Å².